The van der Waals surface area contributed by atoms with Crippen LogP contribution in [-0.2, 0) is 6.18 Å². The predicted octanol–water partition coefficient (Wildman–Crippen LogP) is 4.78. The summed E-state index contributed by atoms with van der Waals surface area (Å²) in [6, 6.07) is 3.04. The van der Waals surface area contributed by atoms with Gasteiger partial charge < -0.3 is 5.32 Å². The maximum atomic E-state index is 12.8. The largest absolute Gasteiger partial charge is 0.417 e. The first-order valence-electron chi connectivity index (χ1n) is 5.97. The Morgan fingerprint density at radius 2 is 1.96 bits per heavy atom. The molecule has 0 atom stereocenters. The lowest BCUT2D eigenvalue weighted by atomic mass is 10.2. The molecule has 1 aromatic heterocycles. The van der Waals surface area contributed by atoms with E-state index in [1.54, 1.807) is 6.26 Å². The van der Waals surface area contributed by atoms with Crippen molar-refractivity contribution >= 4 is 46.6 Å². The molecule has 10 heteroatoms. The van der Waals surface area contributed by atoms with E-state index in [2.05, 4.69) is 15.3 Å². The molecule has 1 amide bonds. The molecule has 0 radical (unpaired) electrons. The second kappa shape index (κ2) is 6.94. The number of amides is 1. The Morgan fingerprint density at radius 3 is 2.57 bits per heavy atom. The zero-order valence-electron chi connectivity index (χ0n) is 11.4. The molecule has 1 aromatic carbocycles. The molecular formula is C13H8Cl2F3N3OS. The normalized spacial score (nSPS) is 11.4. The van der Waals surface area contributed by atoms with Gasteiger partial charge in [0.1, 0.15) is 0 Å². The van der Waals surface area contributed by atoms with Crippen LogP contribution >= 0.6 is 35.0 Å². The van der Waals surface area contributed by atoms with Crippen molar-refractivity contribution in [3.63, 3.8) is 0 Å². The fourth-order valence-electron chi connectivity index (χ4n) is 1.62. The number of hydrogen-bond acceptors (Lipinski definition) is 4. The van der Waals surface area contributed by atoms with Gasteiger partial charge in [-0.15, -0.1) is 0 Å². The first-order chi connectivity index (χ1) is 10.7. The van der Waals surface area contributed by atoms with Crippen LogP contribution in [0.4, 0.5) is 18.9 Å². The number of benzene rings is 1. The third kappa shape index (κ3) is 4.27. The quantitative estimate of drug-likeness (QED) is 0.614. The number of halogens is 5. The molecule has 0 spiro atoms. The molecule has 2 rings (SSSR count). The first kappa shape index (κ1) is 17.8. The average molecular weight is 382 g/mol. The zero-order valence-corrected chi connectivity index (χ0v) is 13.7. The van der Waals surface area contributed by atoms with Gasteiger partial charge in [0, 0.05) is 5.69 Å². The number of carbonyl (C=O) groups is 1. The summed E-state index contributed by atoms with van der Waals surface area (Å²) in [7, 11) is 0. The summed E-state index contributed by atoms with van der Waals surface area (Å²) in [6.07, 6.45) is -1.67. The number of rotatable bonds is 3. The zero-order chi connectivity index (χ0) is 17.2. The highest BCUT2D eigenvalue weighted by Gasteiger charge is 2.33. The first-order valence-corrected chi connectivity index (χ1v) is 7.95. The molecule has 0 aliphatic rings. The van der Waals surface area contributed by atoms with E-state index in [-0.39, 0.29) is 16.4 Å². The monoisotopic (exact) mass is 381 g/mol. The van der Waals surface area contributed by atoms with Crippen molar-refractivity contribution in [2.75, 3.05) is 11.6 Å². The van der Waals surface area contributed by atoms with Crippen molar-refractivity contribution in [1.82, 2.24) is 9.97 Å². The maximum absolute atomic E-state index is 12.8. The highest BCUT2D eigenvalue weighted by Crippen LogP contribution is 2.36. The van der Waals surface area contributed by atoms with Gasteiger partial charge in [0.15, 0.2) is 10.9 Å². The Kier molecular flexibility index (Phi) is 5.38. The van der Waals surface area contributed by atoms with Crippen LogP contribution in [0, 0.1) is 0 Å². The van der Waals surface area contributed by atoms with E-state index in [4.69, 9.17) is 23.2 Å². The summed E-state index contributed by atoms with van der Waals surface area (Å²) in [4.78, 5) is 20.0. The van der Waals surface area contributed by atoms with Crippen LogP contribution < -0.4 is 5.32 Å². The number of alkyl halides is 3. The van der Waals surface area contributed by atoms with Crippen LogP contribution in [0.3, 0.4) is 0 Å². The van der Waals surface area contributed by atoms with Crippen molar-refractivity contribution in [3.8, 4) is 0 Å². The predicted molar refractivity (Wildman–Crippen MR) is 83.2 cm³/mol. The van der Waals surface area contributed by atoms with Crippen LogP contribution in [0.15, 0.2) is 29.6 Å². The summed E-state index contributed by atoms with van der Waals surface area (Å²) >= 11 is 12.6. The van der Waals surface area contributed by atoms with E-state index in [0.29, 0.717) is 5.16 Å². The topological polar surface area (TPSA) is 54.9 Å². The highest BCUT2D eigenvalue weighted by molar-refractivity contribution is 7.98. The van der Waals surface area contributed by atoms with Crippen LogP contribution in [-0.4, -0.2) is 22.1 Å². The van der Waals surface area contributed by atoms with Gasteiger partial charge in [-0.1, -0.05) is 35.0 Å². The van der Waals surface area contributed by atoms with Gasteiger partial charge in [-0.2, -0.15) is 13.2 Å². The molecule has 2 aromatic rings. The average Bonchev–Trinajstić information content (AvgIpc) is 2.48. The van der Waals surface area contributed by atoms with Crippen LogP contribution in [0.25, 0.3) is 0 Å². The molecule has 0 bridgehead atoms. The lowest BCUT2D eigenvalue weighted by Crippen LogP contribution is -2.16. The molecule has 0 fully saturated rings. The van der Waals surface area contributed by atoms with E-state index in [1.165, 1.54) is 24.0 Å². The van der Waals surface area contributed by atoms with Crippen molar-refractivity contribution < 1.29 is 18.0 Å². The molecule has 23 heavy (non-hydrogen) atoms. The molecule has 0 aliphatic carbocycles. The van der Waals surface area contributed by atoms with Crippen molar-refractivity contribution in [2.45, 2.75) is 11.3 Å². The Morgan fingerprint density at radius 1 is 1.26 bits per heavy atom. The lowest BCUT2D eigenvalue weighted by Gasteiger charge is -2.12. The number of nitrogens with zero attached hydrogens (tertiary/aromatic N) is 2. The number of hydrogen-bond donors (Lipinski definition) is 1. The highest BCUT2D eigenvalue weighted by atomic mass is 35.5. The van der Waals surface area contributed by atoms with E-state index < -0.39 is 22.7 Å². The third-order valence-corrected chi connectivity index (χ3v) is 3.82. The number of nitrogens with one attached hydrogen (secondary N) is 1. The van der Waals surface area contributed by atoms with Crippen LogP contribution in [0.2, 0.25) is 10.0 Å². The second-order valence-electron chi connectivity index (χ2n) is 4.20. The van der Waals surface area contributed by atoms with Gasteiger partial charge in [-0.3, -0.25) is 4.79 Å². The molecule has 4 nitrogen and oxygen atoms in total. The minimum Gasteiger partial charge on any atom is -0.321 e. The number of carbonyl (C=O) groups excluding carboxylic acids is 1. The summed E-state index contributed by atoms with van der Waals surface area (Å²) in [5, 5.41) is 2.15. The van der Waals surface area contributed by atoms with E-state index >= 15 is 0 Å². The third-order valence-electron chi connectivity index (χ3n) is 2.65. The van der Waals surface area contributed by atoms with Crippen LogP contribution in [0.1, 0.15) is 16.1 Å². The van der Waals surface area contributed by atoms with Crippen LogP contribution in [0.5, 0.6) is 0 Å². The Bertz CT molecular complexity index is 756. The molecule has 0 saturated carbocycles. The molecule has 1 heterocycles. The van der Waals surface area contributed by atoms with Crippen molar-refractivity contribution in [1.29, 1.82) is 0 Å². The summed E-state index contributed by atoms with van der Waals surface area (Å²) in [5.74, 6) is -0.747. The van der Waals surface area contributed by atoms with E-state index in [9.17, 15) is 18.0 Å². The minimum absolute atomic E-state index is 0.00897. The SMILES string of the molecule is CSc1ncc(Cl)c(C(=O)Nc2ccc(Cl)c(C(F)(F)F)c2)n1. The molecule has 1 N–H and O–H groups in total. The van der Waals surface area contributed by atoms with Gasteiger partial charge in [0.25, 0.3) is 5.91 Å². The summed E-state index contributed by atoms with van der Waals surface area (Å²) in [5.41, 5.74) is -1.25. The van der Waals surface area contributed by atoms with Gasteiger partial charge in [-0.05, 0) is 24.5 Å². The Balaban J connectivity index is 2.31. The fourth-order valence-corrected chi connectivity index (χ4v) is 2.36. The number of aromatic nitrogens is 2. The molecule has 0 aliphatic heterocycles. The van der Waals surface area contributed by atoms with Gasteiger partial charge in [0.05, 0.1) is 21.8 Å². The summed E-state index contributed by atoms with van der Waals surface area (Å²) in [6.45, 7) is 0. The van der Waals surface area contributed by atoms with E-state index in [1.807, 2.05) is 0 Å². The smallest absolute Gasteiger partial charge is 0.321 e. The molecular weight excluding hydrogens is 374 g/mol. The summed E-state index contributed by atoms with van der Waals surface area (Å²) < 4.78 is 38.4. The van der Waals surface area contributed by atoms with Gasteiger partial charge >= 0.3 is 6.18 Å². The minimum atomic E-state index is -4.63. The maximum Gasteiger partial charge on any atom is 0.417 e. The number of anilines is 1. The van der Waals surface area contributed by atoms with E-state index in [0.717, 1.165) is 12.1 Å². The van der Waals surface area contributed by atoms with Crippen molar-refractivity contribution in [2.24, 2.45) is 0 Å². The molecule has 122 valence electrons. The lowest BCUT2D eigenvalue weighted by molar-refractivity contribution is -0.137. The molecule has 0 saturated heterocycles. The Hall–Kier alpha value is -1.51. The second-order valence-corrected chi connectivity index (χ2v) is 5.79. The standard InChI is InChI=1S/C13H8Cl2F3N3OS/c1-23-12-19-5-9(15)10(21-12)11(22)20-6-2-3-8(14)7(4-6)13(16,17)18/h2-5H,1H3,(H,20,22). The molecule has 0 unspecified atom stereocenters. The Labute approximate surface area is 143 Å². The van der Waals surface area contributed by atoms with Gasteiger partial charge in [-0.25, -0.2) is 9.97 Å². The van der Waals surface area contributed by atoms with Gasteiger partial charge in [0.2, 0.25) is 0 Å². The number of thioether (sulfide) groups is 1. The fraction of sp³-hybridized carbons (Fsp3) is 0.154. The van der Waals surface area contributed by atoms with Crippen molar-refractivity contribution in [3.05, 3.63) is 45.7 Å².